The number of thioether (sulfide) groups is 1. The Morgan fingerprint density at radius 2 is 1.88 bits per heavy atom. The molecule has 0 unspecified atom stereocenters. The Kier molecular flexibility index (Phi) is 6.13. The first-order valence-corrected chi connectivity index (χ1v) is 8.49. The molecule has 0 radical (unpaired) electrons. The van der Waals surface area contributed by atoms with Crippen LogP contribution in [-0.4, -0.2) is 10.9 Å². The summed E-state index contributed by atoms with van der Waals surface area (Å²) >= 11 is 7.36. The molecule has 0 aliphatic rings. The van der Waals surface area contributed by atoms with E-state index in [0.29, 0.717) is 27.5 Å². The van der Waals surface area contributed by atoms with Crippen LogP contribution in [0, 0.1) is 0 Å². The van der Waals surface area contributed by atoms with Crippen LogP contribution in [0.2, 0.25) is 5.02 Å². The molecule has 24 heavy (non-hydrogen) atoms. The van der Waals surface area contributed by atoms with Crippen molar-refractivity contribution in [3.63, 3.8) is 0 Å². The van der Waals surface area contributed by atoms with E-state index in [-0.39, 0.29) is 5.12 Å². The molecule has 2 rings (SSSR count). The van der Waals surface area contributed by atoms with Crippen molar-refractivity contribution in [2.24, 2.45) is 0 Å². The first-order valence-electron chi connectivity index (χ1n) is 7.13. The topological polar surface area (TPSA) is 17.1 Å². The zero-order valence-corrected chi connectivity index (χ0v) is 14.3. The average Bonchev–Trinajstić information content (AvgIpc) is 2.53. The monoisotopic (exact) mass is 370 g/mol. The van der Waals surface area contributed by atoms with E-state index in [9.17, 15) is 18.0 Å². The van der Waals surface area contributed by atoms with Crippen LogP contribution in [-0.2, 0) is 11.0 Å². The van der Waals surface area contributed by atoms with Gasteiger partial charge in [0.1, 0.15) is 0 Å². The summed E-state index contributed by atoms with van der Waals surface area (Å²) in [6.07, 6.45) is -1.36. The zero-order chi connectivity index (χ0) is 17.7. The third-order valence-corrected chi connectivity index (χ3v) is 4.25. The van der Waals surface area contributed by atoms with E-state index in [4.69, 9.17) is 11.6 Å². The maximum Gasteiger partial charge on any atom is 0.416 e. The summed E-state index contributed by atoms with van der Waals surface area (Å²) in [5.74, 6) is 0.686. The summed E-state index contributed by atoms with van der Waals surface area (Å²) in [7, 11) is 0. The number of hydrogen-bond acceptors (Lipinski definition) is 2. The highest BCUT2D eigenvalue weighted by atomic mass is 35.5. The fraction of sp³-hybridized carbons (Fsp3) is 0.167. The van der Waals surface area contributed by atoms with Crippen molar-refractivity contribution in [1.29, 1.82) is 0 Å². The van der Waals surface area contributed by atoms with Gasteiger partial charge in [0.2, 0.25) is 5.12 Å². The molecule has 0 heterocycles. The minimum absolute atomic E-state index is 0.0736. The minimum atomic E-state index is -4.39. The highest BCUT2D eigenvalue weighted by Gasteiger charge is 2.30. The normalized spacial score (nSPS) is 11.9. The number of carbonyl (C=O) groups excluding carboxylic acids is 1. The molecule has 0 spiro atoms. The number of carbonyl (C=O) groups is 1. The van der Waals surface area contributed by atoms with Gasteiger partial charge in [0, 0.05) is 5.02 Å². The lowest BCUT2D eigenvalue weighted by Crippen LogP contribution is -2.04. The summed E-state index contributed by atoms with van der Waals surface area (Å²) in [5.41, 5.74) is 0.942. The zero-order valence-electron chi connectivity index (χ0n) is 12.7. The van der Waals surface area contributed by atoms with Crippen molar-refractivity contribution >= 4 is 34.6 Å². The van der Waals surface area contributed by atoms with E-state index in [1.54, 1.807) is 30.3 Å². The van der Waals surface area contributed by atoms with Gasteiger partial charge < -0.3 is 0 Å². The van der Waals surface area contributed by atoms with Crippen molar-refractivity contribution in [3.8, 4) is 11.1 Å². The summed E-state index contributed by atoms with van der Waals surface area (Å²) < 4.78 is 38.4. The second kappa shape index (κ2) is 7.90. The van der Waals surface area contributed by atoms with E-state index < -0.39 is 11.7 Å². The van der Waals surface area contributed by atoms with Gasteiger partial charge in [-0.15, -0.1) is 0 Å². The van der Waals surface area contributed by atoms with Gasteiger partial charge in [0.05, 0.1) is 5.56 Å². The van der Waals surface area contributed by atoms with Gasteiger partial charge in [0.25, 0.3) is 0 Å². The van der Waals surface area contributed by atoms with Gasteiger partial charge in [0.15, 0.2) is 0 Å². The van der Waals surface area contributed by atoms with Gasteiger partial charge >= 0.3 is 6.18 Å². The Balaban J connectivity index is 2.28. The van der Waals surface area contributed by atoms with Crippen molar-refractivity contribution in [1.82, 2.24) is 0 Å². The lowest BCUT2D eigenvalue weighted by Gasteiger charge is -2.09. The van der Waals surface area contributed by atoms with Crippen LogP contribution in [0.15, 0.2) is 48.5 Å². The van der Waals surface area contributed by atoms with Crippen LogP contribution < -0.4 is 0 Å². The van der Waals surface area contributed by atoms with Crippen molar-refractivity contribution in [3.05, 3.63) is 64.7 Å². The molecule has 6 heteroatoms. The standard InChI is InChI=1S/C18H14ClF3OS/c1-2-24-17(23)9-8-12-6-7-14(11-16(12)19)13-4-3-5-15(10-13)18(20,21)22/h3-11H,2H2,1H3. The van der Waals surface area contributed by atoms with E-state index in [1.807, 2.05) is 6.92 Å². The Hall–Kier alpha value is -1.72. The summed E-state index contributed by atoms with van der Waals surface area (Å²) in [6.45, 7) is 1.88. The van der Waals surface area contributed by atoms with Crippen LogP contribution in [0.1, 0.15) is 18.1 Å². The molecule has 0 amide bonds. The molecule has 2 aromatic rings. The van der Waals surface area contributed by atoms with Crippen LogP contribution in [0.4, 0.5) is 13.2 Å². The SMILES string of the molecule is CCSC(=O)C=Cc1ccc(-c2cccc(C(F)(F)F)c2)cc1Cl. The molecule has 0 aliphatic carbocycles. The number of alkyl halides is 3. The fourth-order valence-electron chi connectivity index (χ4n) is 2.07. The molecule has 0 saturated carbocycles. The maximum atomic E-state index is 12.8. The van der Waals surface area contributed by atoms with Crippen LogP contribution in [0.5, 0.6) is 0 Å². The second-order valence-corrected chi connectivity index (χ2v) is 6.58. The average molecular weight is 371 g/mol. The molecule has 0 bridgehead atoms. The van der Waals surface area contributed by atoms with E-state index in [0.717, 1.165) is 12.1 Å². The number of halogens is 4. The molecule has 0 N–H and O–H groups in total. The minimum Gasteiger partial charge on any atom is -0.282 e. The number of benzene rings is 2. The van der Waals surface area contributed by atoms with E-state index >= 15 is 0 Å². The third kappa shape index (κ3) is 4.89. The maximum absolute atomic E-state index is 12.8. The lowest BCUT2D eigenvalue weighted by atomic mass is 10.0. The molecule has 0 aliphatic heterocycles. The van der Waals surface area contributed by atoms with Gasteiger partial charge in [-0.1, -0.05) is 54.6 Å². The largest absolute Gasteiger partial charge is 0.416 e. The van der Waals surface area contributed by atoms with Crippen LogP contribution in [0.3, 0.4) is 0 Å². The van der Waals surface area contributed by atoms with Gasteiger partial charge in [-0.25, -0.2) is 0 Å². The van der Waals surface area contributed by atoms with Gasteiger partial charge in [-0.05, 0) is 52.8 Å². The highest BCUT2D eigenvalue weighted by molar-refractivity contribution is 8.14. The highest BCUT2D eigenvalue weighted by Crippen LogP contribution is 2.33. The van der Waals surface area contributed by atoms with Crippen molar-refractivity contribution < 1.29 is 18.0 Å². The Morgan fingerprint density at radius 1 is 1.17 bits per heavy atom. The smallest absolute Gasteiger partial charge is 0.282 e. The second-order valence-electron chi connectivity index (χ2n) is 4.90. The van der Waals surface area contributed by atoms with E-state index in [1.165, 1.54) is 23.9 Å². The third-order valence-electron chi connectivity index (χ3n) is 3.21. The molecule has 0 atom stereocenters. The Morgan fingerprint density at radius 3 is 2.50 bits per heavy atom. The summed E-state index contributed by atoms with van der Waals surface area (Å²) in [5, 5.41) is 0.297. The molecular weight excluding hydrogens is 357 g/mol. The first-order chi connectivity index (χ1) is 11.3. The fourth-order valence-corrected chi connectivity index (χ4v) is 2.76. The quantitative estimate of drug-likeness (QED) is 0.586. The number of rotatable bonds is 4. The molecular formula is C18H14ClF3OS. The predicted octanol–water partition coefficient (Wildman–Crippen LogP) is 6.32. The molecule has 0 aromatic heterocycles. The Bertz CT molecular complexity index is 769. The summed E-state index contributed by atoms with van der Waals surface area (Å²) in [4.78, 5) is 11.5. The lowest BCUT2D eigenvalue weighted by molar-refractivity contribution is -0.137. The van der Waals surface area contributed by atoms with E-state index in [2.05, 4.69) is 0 Å². The summed E-state index contributed by atoms with van der Waals surface area (Å²) in [6, 6.07) is 10.0. The van der Waals surface area contributed by atoms with Crippen molar-refractivity contribution in [2.75, 3.05) is 5.75 Å². The van der Waals surface area contributed by atoms with Crippen molar-refractivity contribution in [2.45, 2.75) is 13.1 Å². The first kappa shape index (κ1) is 18.6. The van der Waals surface area contributed by atoms with Crippen LogP contribution in [0.25, 0.3) is 17.2 Å². The molecule has 1 nitrogen and oxygen atoms in total. The predicted molar refractivity (Wildman–Crippen MR) is 94.1 cm³/mol. The number of hydrogen-bond donors (Lipinski definition) is 0. The Labute approximate surface area is 147 Å². The van der Waals surface area contributed by atoms with Gasteiger partial charge in [-0.2, -0.15) is 13.2 Å². The molecule has 126 valence electrons. The molecule has 2 aromatic carbocycles. The molecule has 0 saturated heterocycles. The molecule has 0 fully saturated rings. The van der Waals surface area contributed by atoms with Crippen LogP contribution >= 0.6 is 23.4 Å². The van der Waals surface area contributed by atoms with Gasteiger partial charge in [-0.3, -0.25) is 4.79 Å².